The Kier molecular flexibility index (Phi) is 8.57. The van der Waals surface area contributed by atoms with Crippen LogP contribution >= 0.6 is 0 Å². The number of nitrogens with zero attached hydrogens (tertiary/aromatic N) is 3. The molecular formula is C58H39N5. The van der Waals surface area contributed by atoms with E-state index in [1.54, 1.807) is 0 Å². The molecule has 0 saturated heterocycles. The molecule has 296 valence electrons. The zero-order chi connectivity index (χ0) is 41.9. The molecule has 0 radical (unpaired) electrons. The van der Waals surface area contributed by atoms with Crippen molar-refractivity contribution in [1.82, 2.24) is 14.5 Å². The molecule has 12 aromatic rings. The van der Waals surface area contributed by atoms with Crippen molar-refractivity contribution in [2.75, 3.05) is 11.1 Å². The van der Waals surface area contributed by atoms with Gasteiger partial charge >= 0.3 is 0 Å². The fourth-order valence-electron chi connectivity index (χ4n) is 9.31. The molecule has 3 aromatic heterocycles. The van der Waals surface area contributed by atoms with E-state index in [0.717, 1.165) is 89.3 Å². The lowest BCUT2D eigenvalue weighted by Crippen LogP contribution is -1.95. The van der Waals surface area contributed by atoms with Gasteiger partial charge in [0.25, 0.3) is 0 Å². The van der Waals surface area contributed by atoms with Crippen LogP contribution in [0.3, 0.4) is 0 Å². The van der Waals surface area contributed by atoms with Crippen molar-refractivity contribution in [2.24, 2.45) is 0 Å². The van der Waals surface area contributed by atoms with Gasteiger partial charge in [0.05, 0.1) is 22.4 Å². The van der Waals surface area contributed by atoms with Crippen molar-refractivity contribution in [3.63, 3.8) is 0 Å². The van der Waals surface area contributed by atoms with Gasteiger partial charge in [-0.2, -0.15) is 0 Å². The van der Waals surface area contributed by atoms with Crippen molar-refractivity contribution >= 4 is 71.2 Å². The second-order valence-electron chi connectivity index (χ2n) is 16.2. The summed E-state index contributed by atoms with van der Waals surface area (Å²) in [4.78, 5) is 9.54. The predicted octanol–water partition coefficient (Wildman–Crippen LogP) is 15.0. The molecule has 0 aliphatic heterocycles. The smallest absolute Gasteiger partial charge is 0.0709 e. The van der Waals surface area contributed by atoms with Crippen LogP contribution in [0.25, 0.3) is 105 Å². The number of fused-ring (bicyclic) bond motifs is 7. The Morgan fingerprint density at radius 1 is 0.429 bits per heavy atom. The summed E-state index contributed by atoms with van der Waals surface area (Å²) in [5.74, 6) is 0. The van der Waals surface area contributed by atoms with Crippen molar-refractivity contribution in [3.8, 4) is 50.5 Å². The number of pyridine rings is 2. The van der Waals surface area contributed by atoms with Crippen LogP contribution in [0.4, 0.5) is 17.1 Å². The molecule has 12 rings (SSSR count). The van der Waals surface area contributed by atoms with E-state index in [4.69, 9.17) is 10.7 Å². The van der Waals surface area contributed by atoms with Crippen molar-refractivity contribution in [3.05, 3.63) is 219 Å². The fraction of sp³-hybridized carbons (Fsp3) is 0. The van der Waals surface area contributed by atoms with Gasteiger partial charge in [-0.15, -0.1) is 0 Å². The average Bonchev–Trinajstić information content (AvgIpc) is 3.66. The van der Waals surface area contributed by atoms with Crippen molar-refractivity contribution < 1.29 is 0 Å². The molecule has 3 heterocycles. The first-order chi connectivity index (χ1) is 31.1. The summed E-state index contributed by atoms with van der Waals surface area (Å²) in [6.45, 7) is 0. The van der Waals surface area contributed by atoms with E-state index in [1.165, 1.54) is 32.3 Å². The van der Waals surface area contributed by atoms with Gasteiger partial charge in [-0.05, 0) is 129 Å². The highest BCUT2D eigenvalue weighted by atomic mass is 15.0. The van der Waals surface area contributed by atoms with Crippen molar-refractivity contribution in [2.45, 2.75) is 0 Å². The van der Waals surface area contributed by atoms with E-state index in [-0.39, 0.29) is 0 Å². The first-order valence-electron chi connectivity index (χ1n) is 21.2. The van der Waals surface area contributed by atoms with E-state index in [0.29, 0.717) is 0 Å². The molecule has 0 aliphatic carbocycles. The first-order valence-corrected chi connectivity index (χ1v) is 21.2. The summed E-state index contributed by atoms with van der Waals surface area (Å²) in [7, 11) is 0. The molecule has 0 spiro atoms. The molecule has 0 unspecified atom stereocenters. The quantitative estimate of drug-likeness (QED) is 0.0956. The summed E-state index contributed by atoms with van der Waals surface area (Å²) in [6.07, 6.45) is 3.82. The van der Waals surface area contributed by atoms with Gasteiger partial charge in [0.1, 0.15) is 0 Å². The topological polar surface area (TPSA) is 68.8 Å². The minimum atomic E-state index is 0.733. The van der Waals surface area contributed by atoms with Crippen LogP contribution in [-0.2, 0) is 0 Å². The molecule has 5 nitrogen and oxygen atoms in total. The van der Waals surface area contributed by atoms with E-state index in [2.05, 4.69) is 197 Å². The maximum atomic E-state index is 6.46. The number of nitrogens with two attached hydrogens (primary N) is 1. The molecule has 3 N–H and O–H groups in total. The van der Waals surface area contributed by atoms with Gasteiger partial charge < -0.3 is 15.6 Å². The largest absolute Gasteiger partial charge is 0.399 e. The Hall–Kier alpha value is -8.54. The molecule has 5 heteroatoms. The van der Waals surface area contributed by atoms with Gasteiger partial charge in [-0.25, -0.2) is 4.98 Å². The molecule has 0 aliphatic rings. The maximum Gasteiger partial charge on any atom is 0.0709 e. The Morgan fingerprint density at radius 3 is 1.87 bits per heavy atom. The number of hydrogen-bond acceptors (Lipinski definition) is 4. The third-order valence-corrected chi connectivity index (χ3v) is 12.4. The molecule has 0 atom stereocenters. The molecule has 9 aromatic carbocycles. The zero-order valence-corrected chi connectivity index (χ0v) is 34.2. The van der Waals surface area contributed by atoms with Gasteiger partial charge in [0.15, 0.2) is 0 Å². The minimum absolute atomic E-state index is 0.733. The summed E-state index contributed by atoms with van der Waals surface area (Å²) in [5, 5.41) is 13.4. The first kappa shape index (κ1) is 36.3. The number of nitrogen functional groups attached to an aromatic ring is 1. The number of rotatable bonds is 7. The molecule has 0 fully saturated rings. The second-order valence-corrected chi connectivity index (χ2v) is 16.2. The van der Waals surface area contributed by atoms with Crippen LogP contribution in [0.2, 0.25) is 0 Å². The van der Waals surface area contributed by atoms with Crippen LogP contribution in [0.5, 0.6) is 0 Å². The summed E-state index contributed by atoms with van der Waals surface area (Å²) in [5.41, 5.74) is 21.0. The number of nitrogens with one attached hydrogen (secondary N) is 1. The number of hydrogen-bond donors (Lipinski definition) is 2. The third-order valence-electron chi connectivity index (χ3n) is 12.4. The molecular weight excluding hydrogens is 767 g/mol. The molecule has 63 heavy (non-hydrogen) atoms. The second kappa shape index (κ2) is 14.9. The van der Waals surface area contributed by atoms with Crippen LogP contribution < -0.4 is 11.1 Å². The SMILES string of the molecule is Nc1ccc2c(c1)c1cc(Nc3cccc4ccc5cc6ccccc6cc5c34)ccc1n2-c1ccc(-c2cnccc2-c2ccc(-c3cccc(-c4ccccc4)n3)cc2)cc1. The fourth-order valence-corrected chi connectivity index (χ4v) is 9.31. The summed E-state index contributed by atoms with van der Waals surface area (Å²) >= 11 is 0. The lowest BCUT2D eigenvalue weighted by Gasteiger charge is -2.14. The normalized spacial score (nSPS) is 11.6. The lowest BCUT2D eigenvalue weighted by molar-refractivity contribution is 1.18. The molecule has 0 amide bonds. The Bertz CT molecular complexity index is 3700. The van der Waals surface area contributed by atoms with Crippen LogP contribution in [0, 0.1) is 0 Å². The average molecular weight is 806 g/mol. The highest BCUT2D eigenvalue weighted by Crippen LogP contribution is 2.40. The Labute approximate surface area is 364 Å². The van der Waals surface area contributed by atoms with Crippen molar-refractivity contribution in [1.29, 1.82) is 0 Å². The van der Waals surface area contributed by atoms with Crippen LogP contribution in [-0.4, -0.2) is 14.5 Å². The Morgan fingerprint density at radius 2 is 1.06 bits per heavy atom. The lowest BCUT2D eigenvalue weighted by atomic mass is 9.95. The summed E-state index contributed by atoms with van der Waals surface area (Å²) in [6, 6.07) is 73.0. The monoisotopic (exact) mass is 805 g/mol. The van der Waals surface area contributed by atoms with E-state index in [9.17, 15) is 0 Å². The third kappa shape index (κ3) is 6.42. The predicted molar refractivity (Wildman–Crippen MR) is 265 cm³/mol. The maximum absolute atomic E-state index is 6.46. The van der Waals surface area contributed by atoms with E-state index >= 15 is 0 Å². The molecule has 0 saturated carbocycles. The van der Waals surface area contributed by atoms with Gasteiger partial charge in [0.2, 0.25) is 0 Å². The zero-order valence-electron chi connectivity index (χ0n) is 34.2. The Balaban J connectivity index is 0.882. The van der Waals surface area contributed by atoms with Gasteiger partial charge in [-0.1, -0.05) is 121 Å². The standard InChI is InChI=1S/C58H39N5/c59-45-24-28-56-50(34-45)51-35-46(61-55-15-6-12-41-20-21-44-32-42-10-4-5-11-43(42)33-49(44)58(41)55)25-29-57(51)63(56)47-26-22-38(23-27-47)52-36-60-31-30-48(52)37-16-18-40(19-17-37)54-14-7-13-53(62-54)39-8-2-1-3-9-39/h1-36,61H,59H2. The van der Waals surface area contributed by atoms with Gasteiger partial charge in [0, 0.05) is 68.0 Å². The highest BCUT2D eigenvalue weighted by Gasteiger charge is 2.16. The highest BCUT2D eigenvalue weighted by molar-refractivity contribution is 6.17. The van der Waals surface area contributed by atoms with Crippen LogP contribution in [0.1, 0.15) is 0 Å². The molecule has 0 bridgehead atoms. The van der Waals surface area contributed by atoms with E-state index in [1.807, 2.05) is 36.7 Å². The number of aromatic nitrogens is 3. The van der Waals surface area contributed by atoms with Gasteiger partial charge in [-0.3, -0.25) is 4.98 Å². The van der Waals surface area contributed by atoms with E-state index < -0.39 is 0 Å². The minimum Gasteiger partial charge on any atom is -0.399 e. The number of benzene rings is 9. The summed E-state index contributed by atoms with van der Waals surface area (Å²) < 4.78 is 2.33. The number of anilines is 3. The van der Waals surface area contributed by atoms with Crippen LogP contribution in [0.15, 0.2) is 219 Å².